The number of esters is 1. The quantitative estimate of drug-likeness (QED) is 0.313. The van der Waals surface area contributed by atoms with Crippen molar-refractivity contribution in [2.75, 3.05) is 39.2 Å². The van der Waals surface area contributed by atoms with Crippen LogP contribution in [0.15, 0.2) is 76.5 Å². The fourth-order valence-electron chi connectivity index (χ4n) is 4.56. The Hall–Kier alpha value is -3.54. The van der Waals surface area contributed by atoms with Gasteiger partial charge in [0, 0.05) is 30.9 Å². The molecule has 10 nitrogen and oxygen atoms in total. The summed E-state index contributed by atoms with van der Waals surface area (Å²) < 4.78 is 37.7. The van der Waals surface area contributed by atoms with Crippen molar-refractivity contribution in [1.29, 1.82) is 0 Å². The molecule has 0 saturated heterocycles. The minimum Gasteiger partial charge on any atom is -0.461 e. The molecule has 4 rings (SSSR count). The Balaban J connectivity index is 1.62. The molecule has 0 aromatic heterocycles. The van der Waals surface area contributed by atoms with Crippen LogP contribution >= 0.6 is 0 Å². The van der Waals surface area contributed by atoms with Crippen LogP contribution in [-0.2, 0) is 30.7 Å². The summed E-state index contributed by atoms with van der Waals surface area (Å²) in [6.45, 7) is 2.90. The molecule has 11 heteroatoms. The van der Waals surface area contributed by atoms with Crippen LogP contribution in [0.2, 0.25) is 0 Å². The van der Waals surface area contributed by atoms with Crippen molar-refractivity contribution >= 4 is 21.5 Å². The maximum absolute atomic E-state index is 13.4. The number of sulfone groups is 1. The van der Waals surface area contributed by atoms with E-state index in [0.29, 0.717) is 30.0 Å². The number of nitrogens with zero attached hydrogens (tertiary/aromatic N) is 2. The summed E-state index contributed by atoms with van der Waals surface area (Å²) in [7, 11) is -1.93. The van der Waals surface area contributed by atoms with Crippen LogP contribution in [0.3, 0.4) is 0 Å². The van der Waals surface area contributed by atoms with Crippen molar-refractivity contribution in [2.24, 2.45) is 0 Å². The fourth-order valence-corrected chi connectivity index (χ4v) is 6.21. The van der Waals surface area contributed by atoms with E-state index in [1.807, 2.05) is 42.3 Å². The standard InChI is InChI=1S/C26H29N3O7S/c1-18-23(26(30)36-12-11-28(2)16-19-7-4-3-5-8-19)24(20-9-6-10-21(15-20)29(31)32)25-22(27-18)17-35-13-14-37(25,33)34/h3-10,15,24,27H,11-14,16-17H2,1-2H3. The number of likely N-dealkylation sites (N-methyl/N-ethyl adjacent to an activating group) is 1. The van der Waals surface area contributed by atoms with Crippen LogP contribution in [0.25, 0.3) is 0 Å². The maximum Gasteiger partial charge on any atom is 0.336 e. The number of hydrogen-bond acceptors (Lipinski definition) is 9. The van der Waals surface area contributed by atoms with Gasteiger partial charge in [0.1, 0.15) is 6.61 Å². The lowest BCUT2D eigenvalue weighted by Crippen LogP contribution is -2.34. The van der Waals surface area contributed by atoms with Gasteiger partial charge in [0.15, 0.2) is 9.84 Å². The second-order valence-corrected chi connectivity index (χ2v) is 11.1. The zero-order chi connectivity index (χ0) is 26.6. The van der Waals surface area contributed by atoms with Gasteiger partial charge in [0.2, 0.25) is 0 Å². The number of hydrogen-bond donors (Lipinski definition) is 1. The largest absolute Gasteiger partial charge is 0.461 e. The van der Waals surface area contributed by atoms with E-state index in [1.54, 1.807) is 13.0 Å². The van der Waals surface area contributed by atoms with E-state index in [9.17, 15) is 23.3 Å². The monoisotopic (exact) mass is 527 g/mol. The summed E-state index contributed by atoms with van der Waals surface area (Å²) >= 11 is 0. The minimum absolute atomic E-state index is 0.00521. The molecular weight excluding hydrogens is 498 g/mol. The Morgan fingerprint density at radius 3 is 2.70 bits per heavy atom. The predicted octanol–water partition coefficient (Wildman–Crippen LogP) is 2.89. The van der Waals surface area contributed by atoms with E-state index in [0.717, 1.165) is 5.56 Å². The fraction of sp³-hybridized carbons (Fsp3) is 0.346. The number of rotatable bonds is 8. The molecule has 0 spiro atoms. The molecule has 0 bridgehead atoms. The number of benzene rings is 2. The molecular formula is C26H29N3O7S. The SMILES string of the molecule is CC1=C(C(=O)OCCN(C)Cc2ccccc2)C(c2cccc([N+](=O)[O-])c2)C2=C(COCCS2(=O)=O)N1. The molecule has 2 aromatic rings. The second kappa shape index (κ2) is 11.2. The first-order valence-electron chi connectivity index (χ1n) is 11.8. The first-order valence-corrected chi connectivity index (χ1v) is 13.5. The molecule has 37 heavy (non-hydrogen) atoms. The zero-order valence-corrected chi connectivity index (χ0v) is 21.5. The average Bonchev–Trinajstić information content (AvgIpc) is 3.01. The summed E-state index contributed by atoms with van der Waals surface area (Å²) in [4.78, 5) is 26.3. The van der Waals surface area contributed by atoms with Crippen LogP contribution in [0.4, 0.5) is 5.69 Å². The summed E-state index contributed by atoms with van der Waals surface area (Å²) in [6, 6.07) is 15.6. The van der Waals surface area contributed by atoms with Gasteiger partial charge in [-0.2, -0.15) is 0 Å². The molecule has 0 amide bonds. The van der Waals surface area contributed by atoms with Crippen molar-refractivity contribution in [3.63, 3.8) is 0 Å². The van der Waals surface area contributed by atoms with Crippen LogP contribution in [0.1, 0.15) is 24.0 Å². The lowest BCUT2D eigenvalue weighted by molar-refractivity contribution is -0.384. The Morgan fingerprint density at radius 2 is 1.97 bits per heavy atom. The topological polar surface area (TPSA) is 128 Å². The molecule has 2 heterocycles. The van der Waals surface area contributed by atoms with Crippen LogP contribution in [0.5, 0.6) is 0 Å². The van der Waals surface area contributed by atoms with Crippen LogP contribution < -0.4 is 5.32 Å². The third-order valence-electron chi connectivity index (χ3n) is 6.30. The molecule has 0 saturated carbocycles. The van der Waals surface area contributed by atoms with Crippen LogP contribution in [0, 0.1) is 10.1 Å². The van der Waals surface area contributed by atoms with Crippen molar-refractivity contribution in [3.05, 3.63) is 97.7 Å². The number of nitro benzene ring substituents is 1. The van der Waals surface area contributed by atoms with Gasteiger partial charge in [-0.25, -0.2) is 13.2 Å². The molecule has 2 aromatic carbocycles. The smallest absolute Gasteiger partial charge is 0.336 e. The molecule has 0 radical (unpaired) electrons. The first kappa shape index (κ1) is 26.5. The average molecular weight is 528 g/mol. The lowest BCUT2D eigenvalue weighted by atomic mass is 9.86. The van der Waals surface area contributed by atoms with Gasteiger partial charge in [-0.1, -0.05) is 42.5 Å². The third kappa shape index (κ3) is 6.07. The highest BCUT2D eigenvalue weighted by Gasteiger charge is 2.42. The highest BCUT2D eigenvalue weighted by atomic mass is 32.2. The minimum atomic E-state index is -3.84. The van der Waals surface area contributed by atoms with E-state index in [1.165, 1.54) is 18.2 Å². The van der Waals surface area contributed by atoms with Gasteiger partial charge in [-0.3, -0.25) is 15.0 Å². The van der Waals surface area contributed by atoms with E-state index in [-0.39, 0.29) is 41.7 Å². The molecule has 1 unspecified atom stereocenters. The molecule has 196 valence electrons. The normalized spacial score (nSPS) is 19.2. The van der Waals surface area contributed by atoms with E-state index in [2.05, 4.69) is 5.32 Å². The van der Waals surface area contributed by atoms with E-state index in [4.69, 9.17) is 9.47 Å². The van der Waals surface area contributed by atoms with Gasteiger partial charge in [-0.05, 0) is 25.1 Å². The Labute approximate surface area is 215 Å². The number of ether oxygens (including phenoxy) is 2. The number of allylic oxidation sites excluding steroid dienone is 2. The predicted molar refractivity (Wildman–Crippen MR) is 137 cm³/mol. The van der Waals surface area contributed by atoms with Gasteiger partial charge in [0.05, 0.1) is 46.0 Å². The van der Waals surface area contributed by atoms with Crippen molar-refractivity contribution in [3.8, 4) is 0 Å². The van der Waals surface area contributed by atoms with Crippen molar-refractivity contribution < 1.29 is 27.6 Å². The number of carbonyl (C=O) groups excluding carboxylic acids is 1. The van der Waals surface area contributed by atoms with Gasteiger partial charge in [0.25, 0.3) is 5.69 Å². The Bertz CT molecular complexity index is 1350. The number of non-ortho nitro benzene ring substituents is 1. The number of dihydropyridines is 1. The molecule has 0 fully saturated rings. The first-order chi connectivity index (χ1) is 17.7. The highest BCUT2D eigenvalue weighted by Crippen LogP contribution is 2.43. The summed E-state index contributed by atoms with van der Waals surface area (Å²) in [5.74, 6) is -2.00. The molecule has 2 aliphatic heterocycles. The van der Waals surface area contributed by atoms with Gasteiger partial charge < -0.3 is 14.8 Å². The third-order valence-corrected chi connectivity index (χ3v) is 8.16. The van der Waals surface area contributed by atoms with Crippen molar-refractivity contribution in [1.82, 2.24) is 10.2 Å². The van der Waals surface area contributed by atoms with E-state index >= 15 is 0 Å². The highest BCUT2D eigenvalue weighted by molar-refractivity contribution is 7.95. The molecule has 2 aliphatic rings. The van der Waals surface area contributed by atoms with E-state index < -0.39 is 26.6 Å². The molecule has 0 aliphatic carbocycles. The summed E-state index contributed by atoms with van der Waals surface area (Å²) in [5, 5.41) is 14.5. The zero-order valence-electron chi connectivity index (χ0n) is 20.7. The second-order valence-electron chi connectivity index (χ2n) is 9.02. The van der Waals surface area contributed by atoms with Crippen molar-refractivity contribution in [2.45, 2.75) is 19.4 Å². The number of nitrogens with one attached hydrogen (secondary N) is 1. The van der Waals surface area contributed by atoms with Gasteiger partial charge in [-0.15, -0.1) is 0 Å². The lowest BCUT2D eigenvalue weighted by Gasteiger charge is -2.31. The summed E-state index contributed by atoms with van der Waals surface area (Å²) in [6.07, 6.45) is 0. The molecule has 1 N–H and O–H groups in total. The maximum atomic E-state index is 13.4. The van der Waals surface area contributed by atoms with Crippen LogP contribution in [-0.4, -0.2) is 63.4 Å². The number of carbonyl (C=O) groups is 1. The van der Waals surface area contributed by atoms with Gasteiger partial charge >= 0.3 is 5.97 Å². The summed E-state index contributed by atoms with van der Waals surface area (Å²) in [5.41, 5.74) is 2.09. The Morgan fingerprint density at radius 1 is 1.22 bits per heavy atom. The Kier molecular flexibility index (Phi) is 8.06. The number of nitro groups is 1. The molecule has 1 atom stereocenters.